The van der Waals surface area contributed by atoms with Crippen molar-refractivity contribution in [2.24, 2.45) is 5.14 Å². The first-order valence-corrected chi connectivity index (χ1v) is 6.32. The molecule has 0 aliphatic heterocycles. The summed E-state index contributed by atoms with van der Waals surface area (Å²) in [5.41, 5.74) is -0.164. The molecule has 0 bridgehead atoms. The largest absolute Gasteiger partial charge is 0.481 e. The molecule has 0 saturated heterocycles. The van der Waals surface area contributed by atoms with Crippen molar-refractivity contribution in [1.29, 1.82) is 0 Å². The summed E-state index contributed by atoms with van der Waals surface area (Å²) in [5, 5.41) is 13.8. The van der Waals surface area contributed by atoms with E-state index in [0.717, 1.165) is 0 Å². The summed E-state index contributed by atoms with van der Waals surface area (Å²) in [5.74, 6) is -0.954. The van der Waals surface area contributed by atoms with Crippen molar-refractivity contribution in [2.75, 3.05) is 4.72 Å². The number of carboxylic acids is 1. The third-order valence-electron chi connectivity index (χ3n) is 2.40. The number of rotatable bonds is 4. The van der Waals surface area contributed by atoms with E-state index >= 15 is 0 Å². The summed E-state index contributed by atoms with van der Waals surface area (Å²) < 4.78 is 23.6. The van der Waals surface area contributed by atoms with Crippen LogP contribution in [-0.4, -0.2) is 19.5 Å². The van der Waals surface area contributed by atoms with Crippen LogP contribution in [0.5, 0.6) is 0 Å². The number of carbonyl (C=O) groups is 1. The smallest absolute Gasteiger partial charge is 0.313 e. The van der Waals surface area contributed by atoms with Gasteiger partial charge in [-0.3, -0.25) is 9.52 Å². The lowest BCUT2D eigenvalue weighted by Gasteiger charge is -2.19. The molecule has 0 amide bonds. The van der Waals surface area contributed by atoms with Gasteiger partial charge in [0.05, 0.1) is 5.41 Å². The SMILES string of the molecule is CC(C)(C(=O)O)c1ccc(NS(N)(=O)=O)cc1. The highest BCUT2D eigenvalue weighted by Crippen LogP contribution is 2.24. The Morgan fingerprint density at radius 2 is 1.76 bits per heavy atom. The third kappa shape index (κ3) is 3.43. The van der Waals surface area contributed by atoms with Crippen LogP contribution in [-0.2, 0) is 20.4 Å². The number of nitrogens with two attached hydrogens (primary N) is 1. The van der Waals surface area contributed by atoms with Crippen LogP contribution in [0.3, 0.4) is 0 Å². The monoisotopic (exact) mass is 258 g/mol. The molecular weight excluding hydrogens is 244 g/mol. The average molecular weight is 258 g/mol. The summed E-state index contributed by atoms with van der Waals surface area (Å²) in [6.07, 6.45) is 0. The number of carboxylic acid groups (broad SMARTS) is 1. The summed E-state index contributed by atoms with van der Waals surface area (Å²) in [7, 11) is -3.81. The van der Waals surface area contributed by atoms with Gasteiger partial charge in [0.15, 0.2) is 0 Å². The van der Waals surface area contributed by atoms with Gasteiger partial charge in [-0.2, -0.15) is 8.42 Å². The van der Waals surface area contributed by atoms with E-state index in [1.54, 1.807) is 26.0 Å². The van der Waals surface area contributed by atoms with Gasteiger partial charge in [-0.1, -0.05) is 12.1 Å². The Hall–Kier alpha value is -1.60. The zero-order valence-corrected chi connectivity index (χ0v) is 10.3. The Bertz CT molecular complexity index is 520. The van der Waals surface area contributed by atoms with Crippen LogP contribution in [0.15, 0.2) is 24.3 Å². The molecule has 0 saturated carbocycles. The van der Waals surface area contributed by atoms with Gasteiger partial charge < -0.3 is 5.11 Å². The lowest BCUT2D eigenvalue weighted by molar-refractivity contribution is -0.142. The molecule has 0 aliphatic rings. The van der Waals surface area contributed by atoms with E-state index in [4.69, 9.17) is 10.2 Å². The Kier molecular flexibility index (Phi) is 3.44. The van der Waals surface area contributed by atoms with Crippen molar-refractivity contribution in [3.63, 3.8) is 0 Å². The van der Waals surface area contributed by atoms with E-state index in [2.05, 4.69) is 4.72 Å². The molecule has 1 aromatic carbocycles. The number of nitrogens with one attached hydrogen (secondary N) is 1. The molecule has 0 fully saturated rings. The molecule has 4 N–H and O–H groups in total. The first-order chi connectivity index (χ1) is 7.63. The number of aliphatic carboxylic acids is 1. The summed E-state index contributed by atoms with van der Waals surface area (Å²) in [4.78, 5) is 11.0. The van der Waals surface area contributed by atoms with E-state index in [-0.39, 0.29) is 5.69 Å². The second kappa shape index (κ2) is 4.34. The fourth-order valence-corrected chi connectivity index (χ4v) is 1.71. The molecule has 0 aliphatic carbocycles. The quantitative estimate of drug-likeness (QED) is 0.737. The van der Waals surface area contributed by atoms with Gasteiger partial charge in [0, 0.05) is 5.69 Å². The van der Waals surface area contributed by atoms with Gasteiger partial charge in [0.2, 0.25) is 0 Å². The molecule has 0 aromatic heterocycles. The van der Waals surface area contributed by atoms with E-state index in [9.17, 15) is 13.2 Å². The highest BCUT2D eigenvalue weighted by molar-refractivity contribution is 7.90. The van der Waals surface area contributed by atoms with Gasteiger partial charge in [-0.25, -0.2) is 5.14 Å². The molecule has 0 radical (unpaired) electrons. The van der Waals surface area contributed by atoms with Gasteiger partial charge in [-0.05, 0) is 31.5 Å². The molecule has 1 rings (SSSR count). The molecule has 0 spiro atoms. The van der Waals surface area contributed by atoms with Crippen molar-refractivity contribution < 1.29 is 18.3 Å². The van der Waals surface area contributed by atoms with Crippen LogP contribution >= 0.6 is 0 Å². The van der Waals surface area contributed by atoms with Crippen molar-refractivity contribution in [3.05, 3.63) is 29.8 Å². The summed E-state index contributed by atoms with van der Waals surface area (Å²) in [6.45, 7) is 3.13. The van der Waals surface area contributed by atoms with Crippen LogP contribution in [0.1, 0.15) is 19.4 Å². The maximum Gasteiger partial charge on any atom is 0.313 e. The number of hydrogen-bond acceptors (Lipinski definition) is 3. The molecule has 0 atom stereocenters. The first-order valence-electron chi connectivity index (χ1n) is 4.77. The first kappa shape index (κ1) is 13.5. The van der Waals surface area contributed by atoms with E-state index in [0.29, 0.717) is 5.56 Å². The Labute approximate surface area is 99.6 Å². The molecule has 17 heavy (non-hydrogen) atoms. The molecule has 6 nitrogen and oxygen atoms in total. The predicted molar refractivity (Wildman–Crippen MR) is 63.8 cm³/mol. The van der Waals surface area contributed by atoms with Crippen molar-refractivity contribution in [3.8, 4) is 0 Å². The van der Waals surface area contributed by atoms with Crippen molar-refractivity contribution in [1.82, 2.24) is 0 Å². The minimum absolute atomic E-state index is 0.289. The fourth-order valence-electron chi connectivity index (χ4n) is 1.24. The van der Waals surface area contributed by atoms with Crippen molar-refractivity contribution in [2.45, 2.75) is 19.3 Å². The van der Waals surface area contributed by atoms with E-state index in [1.807, 2.05) is 0 Å². The van der Waals surface area contributed by atoms with Crippen LogP contribution in [0.2, 0.25) is 0 Å². The Morgan fingerprint density at radius 1 is 1.29 bits per heavy atom. The van der Waals surface area contributed by atoms with Gasteiger partial charge in [0.25, 0.3) is 10.2 Å². The maximum absolute atomic E-state index is 11.0. The van der Waals surface area contributed by atoms with Crippen LogP contribution < -0.4 is 9.86 Å². The molecule has 1 aromatic rings. The Morgan fingerprint density at radius 3 is 2.12 bits per heavy atom. The zero-order valence-electron chi connectivity index (χ0n) is 9.47. The van der Waals surface area contributed by atoms with E-state index < -0.39 is 21.6 Å². The lowest BCUT2D eigenvalue weighted by Crippen LogP contribution is -2.28. The lowest BCUT2D eigenvalue weighted by atomic mass is 9.85. The second-order valence-electron chi connectivity index (χ2n) is 4.15. The molecule has 0 unspecified atom stereocenters. The van der Waals surface area contributed by atoms with Crippen molar-refractivity contribution >= 4 is 21.9 Å². The third-order valence-corrected chi connectivity index (χ3v) is 2.92. The minimum Gasteiger partial charge on any atom is -0.481 e. The van der Waals surface area contributed by atoms with Crippen LogP contribution in [0, 0.1) is 0 Å². The van der Waals surface area contributed by atoms with Gasteiger partial charge in [0.1, 0.15) is 0 Å². The maximum atomic E-state index is 11.0. The van der Waals surface area contributed by atoms with Crippen LogP contribution in [0.4, 0.5) is 5.69 Å². The minimum atomic E-state index is -3.81. The number of anilines is 1. The highest BCUT2D eigenvalue weighted by atomic mass is 32.2. The summed E-state index contributed by atoms with van der Waals surface area (Å²) in [6, 6.07) is 6.01. The number of benzene rings is 1. The van der Waals surface area contributed by atoms with Gasteiger partial charge >= 0.3 is 5.97 Å². The molecule has 7 heteroatoms. The molecular formula is C10H14N2O4S. The zero-order chi connectivity index (χ0) is 13.3. The Balaban J connectivity index is 3.00. The van der Waals surface area contributed by atoms with Crippen LogP contribution in [0.25, 0.3) is 0 Å². The molecule has 94 valence electrons. The fraction of sp³-hybridized carbons (Fsp3) is 0.300. The van der Waals surface area contributed by atoms with E-state index in [1.165, 1.54) is 12.1 Å². The standard InChI is InChI=1S/C10H14N2O4S/c1-10(2,9(13)14)7-3-5-8(6-4-7)12-17(11,15)16/h3-6,12H,1-2H3,(H,13,14)(H2,11,15,16). The normalized spacial score (nSPS) is 12.2. The average Bonchev–Trinajstić information content (AvgIpc) is 2.15. The highest BCUT2D eigenvalue weighted by Gasteiger charge is 2.29. The predicted octanol–water partition coefficient (Wildman–Crippen LogP) is 0.664. The topological polar surface area (TPSA) is 109 Å². The number of hydrogen-bond donors (Lipinski definition) is 3. The molecule has 0 heterocycles. The summed E-state index contributed by atoms with van der Waals surface area (Å²) >= 11 is 0. The van der Waals surface area contributed by atoms with Gasteiger partial charge in [-0.15, -0.1) is 0 Å². The second-order valence-corrected chi connectivity index (χ2v) is 5.45.